The first-order valence-electron chi connectivity index (χ1n) is 11.7. The molecule has 10 heteroatoms. The van der Waals surface area contributed by atoms with Crippen molar-refractivity contribution in [3.63, 3.8) is 0 Å². The average molecular weight is 497 g/mol. The van der Waals surface area contributed by atoms with Gasteiger partial charge in [0.25, 0.3) is 5.91 Å². The number of ether oxygens (including phenoxy) is 1. The van der Waals surface area contributed by atoms with Crippen molar-refractivity contribution in [2.24, 2.45) is 11.8 Å². The Bertz CT molecular complexity index is 1270. The molecule has 36 heavy (non-hydrogen) atoms. The predicted molar refractivity (Wildman–Crippen MR) is 135 cm³/mol. The van der Waals surface area contributed by atoms with E-state index in [2.05, 4.69) is 21.2 Å². The number of nitrogens with two attached hydrogens (primary N) is 1. The Morgan fingerprint density at radius 1 is 1.22 bits per heavy atom. The minimum atomic E-state index is -3.50. The van der Waals surface area contributed by atoms with Gasteiger partial charge in [0.2, 0.25) is 0 Å². The van der Waals surface area contributed by atoms with Crippen LogP contribution >= 0.6 is 0 Å². The summed E-state index contributed by atoms with van der Waals surface area (Å²) in [5.41, 5.74) is 5.07. The first kappa shape index (κ1) is 25.3. The van der Waals surface area contributed by atoms with Crippen LogP contribution in [0.1, 0.15) is 32.4 Å². The van der Waals surface area contributed by atoms with Crippen LogP contribution in [0, 0.1) is 5.92 Å². The molecule has 1 aliphatic heterocycles. The van der Waals surface area contributed by atoms with Gasteiger partial charge in [0, 0.05) is 18.5 Å². The second kappa shape index (κ2) is 10.5. The van der Waals surface area contributed by atoms with E-state index in [1.165, 1.54) is 0 Å². The number of nitrogens with zero attached hydrogens (tertiary/aromatic N) is 2. The number of dihydropyridines is 1. The zero-order valence-corrected chi connectivity index (χ0v) is 20.3. The fraction of sp³-hybridized carbons (Fsp3) is 0.308. The molecule has 3 atom stereocenters. The standard InChI is InChI=1S/C26H30F2N6O2/c1-16(2)23(32-25(35)26(3,27)28)24(17-7-5-4-6-8-17)36-20-10-11-21-18(13-20)14-31-34(21)19-9-12-22(33-29)30-15-19/h4-16,22-24,30,33H,29H2,1-3H3,(H,32,35)/t22?,23-,24+/m0/s1. The molecule has 1 unspecified atom stereocenters. The lowest BCUT2D eigenvalue weighted by molar-refractivity contribution is -0.145. The highest BCUT2D eigenvalue weighted by molar-refractivity contribution is 5.84. The van der Waals surface area contributed by atoms with Gasteiger partial charge in [-0.3, -0.25) is 10.6 Å². The summed E-state index contributed by atoms with van der Waals surface area (Å²) in [6, 6.07) is 14.1. The van der Waals surface area contributed by atoms with Crippen LogP contribution in [-0.4, -0.2) is 33.8 Å². The number of alkyl halides is 2. The largest absolute Gasteiger partial charge is 0.484 e. The van der Waals surface area contributed by atoms with Crippen LogP contribution in [0.25, 0.3) is 16.6 Å². The summed E-state index contributed by atoms with van der Waals surface area (Å²) in [5, 5.41) is 10.9. The zero-order valence-electron chi connectivity index (χ0n) is 20.3. The van der Waals surface area contributed by atoms with Crippen LogP contribution in [0.4, 0.5) is 8.78 Å². The third-order valence-electron chi connectivity index (χ3n) is 5.97. The Balaban J connectivity index is 1.64. The summed E-state index contributed by atoms with van der Waals surface area (Å²) in [6.07, 6.45) is 6.47. The number of benzene rings is 2. The topological polar surface area (TPSA) is 106 Å². The number of amides is 1. The van der Waals surface area contributed by atoms with E-state index in [9.17, 15) is 13.6 Å². The van der Waals surface area contributed by atoms with Gasteiger partial charge in [-0.05, 0) is 41.8 Å². The molecule has 1 amide bonds. The van der Waals surface area contributed by atoms with Gasteiger partial charge in [-0.25, -0.2) is 10.1 Å². The van der Waals surface area contributed by atoms with Crippen molar-refractivity contribution in [3.05, 3.63) is 78.6 Å². The Morgan fingerprint density at radius 3 is 2.58 bits per heavy atom. The van der Waals surface area contributed by atoms with Gasteiger partial charge in [-0.1, -0.05) is 44.2 Å². The fourth-order valence-electron chi connectivity index (χ4n) is 4.01. The van der Waals surface area contributed by atoms with Crippen molar-refractivity contribution in [2.75, 3.05) is 0 Å². The van der Waals surface area contributed by atoms with E-state index < -0.39 is 24.0 Å². The van der Waals surface area contributed by atoms with Crippen molar-refractivity contribution in [1.29, 1.82) is 0 Å². The van der Waals surface area contributed by atoms with E-state index in [1.54, 1.807) is 16.9 Å². The summed E-state index contributed by atoms with van der Waals surface area (Å²) >= 11 is 0. The van der Waals surface area contributed by atoms with Crippen molar-refractivity contribution < 1.29 is 18.3 Å². The number of rotatable bonds is 9. The molecule has 0 spiro atoms. The SMILES string of the molecule is CC(C)[C@H](NC(=O)C(C)(F)F)[C@H](Oc1ccc2c(cnn2C2=CNC(NN)C=C2)c1)c1ccccc1. The van der Waals surface area contributed by atoms with Gasteiger partial charge in [0.1, 0.15) is 18.0 Å². The number of allylic oxidation sites excluding steroid dienone is 2. The number of carbonyl (C=O) groups is 1. The van der Waals surface area contributed by atoms with Crippen molar-refractivity contribution >= 4 is 22.5 Å². The van der Waals surface area contributed by atoms with E-state index in [1.807, 2.05) is 74.7 Å². The molecule has 8 nitrogen and oxygen atoms in total. The molecular formula is C26H30F2N6O2. The number of fused-ring (bicyclic) bond motifs is 1. The van der Waals surface area contributed by atoms with Crippen LogP contribution in [0.3, 0.4) is 0 Å². The highest BCUT2D eigenvalue weighted by Crippen LogP contribution is 2.31. The van der Waals surface area contributed by atoms with E-state index in [0.29, 0.717) is 12.7 Å². The maximum Gasteiger partial charge on any atom is 0.321 e. The number of aromatic nitrogens is 2. The lowest BCUT2D eigenvalue weighted by Crippen LogP contribution is -2.49. The number of carbonyl (C=O) groups excluding carboxylic acids is 1. The van der Waals surface area contributed by atoms with Crippen molar-refractivity contribution in [1.82, 2.24) is 25.8 Å². The summed E-state index contributed by atoms with van der Waals surface area (Å²) in [4.78, 5) is 12.2. The second-order valence-corrected chi connectivity index (χ2v) is 9.10. The number of hydrogen-bond donors (Lipinski definition) is 4. The van der Waals surface area contributed by atoms with Gasteiger partial charge < -0.3 is 15.4 Å². The average Bonchev–Trinajstić information content (AvgIpc) is 3.29. The number of nitrogens with one attached hydrogen (secondary N) is 3. The molecule has 5 N–H and O–H groups in total. The number of hydrogen-bond acceptors (Lipinski definition) is 6. The Morgan fingerprint density at radius 2 is 1.97 bits per heavy atom. The van der Waals surface area contributed by atoms with E-state index in [-0.39, 0.29) is 12.1 Å². The molecule has 0 bridgehead atoms. The molecule has 190 valence electrons. The number of hydrazine groups is 1. The second-order valence-electron chi connectivity index (χ2n) is 9.10. The molecule has 2 aromatic carbocycles. The summed E-state index contributed by atoms with van der Waals surface area (Å²) in [6.45, 7) is 4.30. The van der Waals surface area contributed by atoms with E-state index in [4.69, 9.17) is 10.6 Å². The van der Waals surface area contributed by atoms with Crippen LogP contribution in [0.5, 0.6) is 5.75 Å². The van der Waals surface area contributed by atoms with Gasteiger partial charge >= 0.3 is 5.92 Å². The van der Waals surface area contributed by atoms with Crippen LogP contribution in [0.15, 0.2) is 73.1 Å². The van der Waals surface area contributed by atoms with Gasteiger partial charge in [-0.15, -0.1) is 0 Å². The maximum absolute atomic E-state index is 13.7. The van der Waals surface area contributed by atoms with Crippen molar-refractivity contribution in [3.8, 4) is 5.75 Å². The Kier molecular flexibility index (Phi) is 7.37. The van der Waals surface area contributed by atoms with Gasteiger partial charge in [0.05, 0.1) is 23.5 Å². The first-order valence-corrected chi connectivity index (χ1v) is 11.7. The van der Waals surface area contributed by atoms with Crippen LogP contribution < -0.4 is 26.6 Å². The summed E-state index contributed by atoms with van der Waals surface area (Å²) in [7, 11) is 0. The van der Waals surface area contributed by atoms with Crippen LogP contribution in [-0.2, 0) is 4.79 Å². The molecule has 0 fully saturated rings. The minimum Gasteiger partial charge on any atom is -0.484 e. The Labute approximate surface area is 208 Å². The molecule has 1 aliphatic rings. The van der Waals surface area contributed by atoms with E-state index in [0.717, 1.165) is 22.2 Å². The van der Waals surface area contributed by atoms with Gasteiger partial charge in [0.15, 0.2) is 0 Å². The third-order valence-corrected chi connectivity index (χ3v) is 5.97. The third kappa shape index (κ3) is 5.55. The quantitative estimate of drug-likeness (QED) is 0.266. The molecule has 4 rings (SSSR count). The molecule has 0 aliphatic carbocycles. The first-order chi connectivity index (χ1) is 17.2. The van der Waals surface area contributed by atoms with Crippen LogP contribution in [0.2, 0.25) is 0 Å². The minimum absolute atomic E-state index is 0.160. The molecule has 0 radical (unpaired) electrons. The highest BCUT2D eigenvalue weighted by atomic mass is 19.3. The zero-order chi connectivity index (χ0) is 25.9. The monoisotopic (exact) mass is 496 g/mol. The molecule has 0 saturated heterocycles. The smallest absolute Gasteiger partial charge is 0.321 e. The summed E-state index contributed by atoms with van der Waals surface area (Å²) in [5.74, 6) is 0.960. The molecular weight excluding hydrogens is 466 g/mol. The predicted octanol–water partition coefficient (Wildman–Crippen LogP) is 3.70. The lowest BCUT2D eigenvalue weighted by atomic mass is 9.92. The lowest BCUT2D eigenvalue weighted by Gasteiger charge is -2.32. The van der Waals surface area contributed by atoms with Crippen molar-refractivity contribution in [2.45, 2.75) is 45.0 Å². The number of halogens is 2. The maximum atomic E-state index is 13.7. The molecule has 1 aromatic heterocycles. The molecule has 3 aromatic rings. The molecule has 2 heterocycles. The molecule has 0 saturated carbocycles. The highest BCUT2D eigenvalue weighted by Gasteiger charge is 2.37. The Hall–Kier alpha value is -3.76. The normalized spacial score (nSPS) is 17.4. The van der Waals surface area contributed by atoms with Gasteiger partial charge in [-0.2, -0.15) is 13.9 Å². The summed E-state index contributed by atoms with van der Waals surface area (Å²) < 4.78 is 35.6. The van der Waals surface area contributed by atoms with E-state index >= 15 is 0 Å². The fourth-order valence-corrected chi connectivity index (χ4v) is 4.01.